The van der Waals surface area contributed by atoms with E-state index in [4.69, 9.17) is 0 Å². The molecule has 0 amide bonds. The Balaban J connectivity index is -0.000000276. The van der Waals surface area contributed by atoms with Gasteiger partial charge in [0.25, 0.3) is 0 Å². The van der Waals surface area contributed by atoms with Gasteiger partial charge in [-0.15, -0.1) is 0 Å². The van der Waals surface area contributed by atoms with E-state index in [2.05, 4.69) is 85.6 Å². The Morgan fingerprint density at radius 3 is 1.44 bits per heavy atom. The van der Waals surface area contributed by atoms with Crippen molar-refractivity contribution in [2.75, 3.05) is 5.75 Å². The van der Waals surface area contributed by atoms with E-state index in [1.54, 1.807) is 0 Å². The second-order valence-electron chi connectivity index (χ2n) is 9.44. The smallest absolute Gasteiger partial charge is 0.748 e. The first kappa shape index (κ1) is 42.2. The third-order valence-electron chi connectivity index (χ3n) is 5.13. The zero-order chi connectivity index (χ0) is 26.6. The molecule has 0 aromatic heterocycles. The van der Waals surface area contributed by atoms with Crippen LogP contribution in [0.1, 0.15) is 107 Å². The Bertz CT molecular complexity index is 848. The molecule has 0 aliphatic heterocycles. The molecule has 0 fully saturated rings. The molecule has 0 saturated carbocycles. The average molecular weight is 529 g/mol. The van der Waals surface area contributed by atoms with Gasteiger partial charge in [0.1, 0.15) is 0 Å². The summed E-state index contributed by atoms with van der Waals surface area (Å²) in [6, 6.07) is 0. The quantitative estimate of drug-likeness (QED) is 0.0959. The molecule has 0 rings (SSSR count). The Labute approximate surface area is 247 Å². The van der Waals surface area contributed by atoms with E-state index >= 15 is 0 Å². The van der Waals surface area contributed by atoms with Crippen LogP contribution in [0.25, 0.3) is 0 Å². The Hall–Kier alpha value is -0.910. The summed E-state index contributed by atoms with van der Waals surface area (Å²) in [5, 5.41) is 0. The van der Waals surface area contributed by atoms with Crippen LogP contribution >= 0.6 is 0 Å². The maximum atomic E-state index is 10.5. The first-order valence-corrected chi connectivity index (χ1v) is 13.8. The molecule has 0 bridgehead atoms. The van der Waals surface area contributed by atoms with E-state index in [-0.39, 0.29) is 49.2 Å². The third kappa shape index (κ3) is 35.3. The summed E-state index contributed by atoms with van der Waals surface area (Å²) in [7, 11) is -4.11. The number of hydrogen-bond donors (Lipinski definition) is 0. The van der Waals surface area contributed by atoms with Gasteiger partial charge in [0.2, 0.25) is 0 Å². The Morgan fingerprint density at radius 1 is 0.694 bits per heavy atom. The molecule has 0 aromatic carbocycles. The molecule has 3 nitrogen and oxygen atoms in total. The van der Waals surface area contributed by atoms with Crippen LogP contribution in [0.15, 0.2) is 83.6 Å². The minimum absolute atomic E-state index is 0. The van der Waals surface area contributed by atoms with Crippen LogP contribution in [0.3, 0.4) is 0 Å². The predicted molar refractivity (Wildman–Crippen MR) is 158 cm³/mol. The van der Waals surface area contributed by atoms with E-state index in [0.29, 0.717) is 0 Å². The van der Waals surface area contributed by atoms with E-state index in [1.165, 1.54) is 28.7 Å². The first-order chi connectivity index (χ1) is 15.8. The van der Waals surface area contributed by atoms with Crippen LogP contribution in [0.4, 0.5) is 0 Å². The summed E-state index contributed by atoms with van der Waals surface area (Å²) in [4.78, 5) is 0. The van der Waals surface area contributed by atoms with E-state index in [9.17, 15) is 13.0 Å². The fraction of sp³-hybridized carbons (Fsp3) is 0.548. The number of allylic oxidation sites excluding steroid dienone is 11. The molecule has 0 heterocycles. The van der Waals surface area contributed by atoms with Gasteiger partial charge in [-0.05, 0) is 99.3 Å². The molecule has 0 aliphatic rings. The van der Waals surface area contributed by atoms with Crippen molar-refractivity contribution in [1.29, 1.82) is 0 Å². The van der Waals surface area contributed by atoms with Crippen molar-refractivity contribution in [3.8, 4) is 0 Å². The second-order valence-corrected chi connectivity index (χ2v) is 11.0. The van der Waals surface area contributed by atoms with Gasteiger partial charge in [-0.3, -0.25) is 0 Å². The van der Waals surface area contributed by atoms with Gasteiger partial charge < -0.3 is 4.55 Å². The molecule has 0 unspecified atom stereocenters. The molecule has 0 aromatic rings. The molecule has 36 heavy (non-hydrogen) atoms. The zero-order valence-electron chi connectivity index (χ0n) is 23.7. The molecular formula is C31H53NaO3S. The summed E-state index contributed by atoms with van der Waals surface area (Å²) in [5.41, 5.74) is 7.50. The predicted octanol–water partition coefficient (Wildman–Crippen LogP) is 6.79. The first-order valence-electron chi connectivity index (χ1n) is 12.2. The van der Waals surface area contributed by atoms with Gasteiger partial charge in [-0.1, -0.05) is 91.0 Å². The summed E-state index contributed by atoms with van der Waals surface area (Å²) < 4.78 is 31.4. The second kappa shape index (κ2) is 25.7. The fourth-order valence-electron chi connectivity index (χ4n) is 2.90. The van der Waals surface area contributed by atoms with Gasteiger partial charge in [0, 0.05) is 5.75 Å². The minimum atomic E-state index is -4.11. The van der Waals surface area contributed by atoms with Gasteiger partial charge in [-0.2, -0.15) is 0 Å². The van der Waals surface area contributed by atoms with Crippen molar-refractivity contribution < 1.29 is 42.5 Å². The topological polar surface area (TPSA) is 57.2 Å². The van der Waals surface area contributed by atoms with Crippen molar-refractivity contribution in [1.82, 2.24) is 0 Å². The molecule has 202 valence electrons. The minimum Gasteiger partial charge on any atom is -0.748 e. The van der Waals surface area contributed by atoms with Gasteiger partial charge in [-0.25, -0.2) is 8.42 Å². The maximum absolute atomic E-state index is 10.5. The summed E-state index contributed by atoms with van der Waals surface area (Å²) in [6.07, 6.45) is 19.3. The van der Waals surface area contributed by atoms with Crippen molar-refractivity contribution in [2.45, 2.75) is 107 Å². The van der Waals surface area contributed by atoms with E-state index in [1.807, 2.05) is 6.08 Å². The molecule has 0 spiro atoms. The molecule has 0 atom stereocenters. The van der Waals surface area contributed by atoms with Gasteiger partial charge in [0.15, 0.2) is 0 Å². The standard InChI is InChI=1S/C15H26O3S.C15H24.CH4.Na/c1-13(2)7-5-8-14(3)9-6-10-15(4)11-12-19(16,17)18;1-6-14(4)10-8-12-15(5)11-7-9-13(2)3;;/h7,9H,4-6,8,10-12H2,1-3H3,(H,16,17,18);6,9,12H,1,4,7-8,10-11H2,2-3,5H3;1H4;/q;;;+1/p-1/b14-9+;15-12+;;. The van der Waals surface area contributed by atoms with E-state index in [0.717, 1.165) is 56.1 Å². The molecule has 0 aliphatic carbocycles. The number of hydrogen-bond acceptors (Lipinski definition) is 3. The summed E-state index contributed by atoms with van der Waals surface area (Å²) in [5.74, 6) is -0.338. The van der Waals surface area contributed by atoms with Crippen molar-refractivity contribution in [2.24, 2.45) is 0 Å². The Kier molecular flexibility index (Phi) is 30.2. The third-order valence-corrected chi connectivity index (χ3v) is 5.83. The molecule has 5 heteroatoms. The summed E-state index contributed by atoms with van der Waals surface area (Å²) >= 11 is 0. The largest absolute Gasteiger partial charge is 1.00 e. The Morgan fingerprint density at radius 2 is 1.08 bits per heavy atom. The van der Waals surface area contributed by atoms with Gasteiger partial charge in [0.05, 0.1) is 10.1 Å². The molecule has 0 saturated heterocycles. The van der Waals surface area contributed by atoms with Crippen LogP contribution in [-0.2, 0) is 10.1 Å². The van der Waals surface area contributed by atoms with Crippen LogP contribution in [0.2, 0.25) is 0 Å². The summed E-state index contributed by atoms with van der Waals surface area (Å²) in [6.45, 7) is 24.2. The van der Waals surface area contributed by atoms with Crippen LogP contribution in [-0.4, -0.2) is 18.7 Å². The van der Waals surface area contributed by atoms with Crippen molar-refractivity contribution >= 4 is 10.1 Å². The fourth-order valence-corrected chi connectivity index (χ4v) is 3.44. The van der Waals surface area contributed by atoms with Gasteiger partial charge >= 0.3 is 29.6 Å². The van der Waals surface area contributed by atoms with Crippen LogP contribution < -0.4 is 29.6 Å². The monoisotopic (exact) mass is 528 g/mol. The van der Waals surface area contributed by atoms with Crippen LogP contribution in [0, 0.1) is 0 Å². The van der Waals surface area contributed by atoms with Crippen molar-refractivity contribution in [3.63, 3.8) is 0 Å². The normalized spacial score (nSPS) is 11.1. The molecular weight excluding hydrogens is 475 g/mol. The molecule has 0 radical (unpaired) electrons. The average Bonchev–Trinajstić information content (AvgIpc) is 2.71. The zero-order valence-corrected chi connectivity index (χ0v) is 26.5. The maximum Gasteiger partial charge on any atom is 1.00 e. The van der Waals surface area contributed by atoms with Crippen molar-refractivity contribution in [3.05, 3.63) is 83.6 Å². The van der Waals surface area contributed by atoms with Crippen LogP contribution in [0.5, 0.6) is 0 Å². The van der Waals surface area contributed by atoms with E-state index < -0.39 is 10.1 Å². The molecule has 0 N–H and O–H groups in total. The number of rotatable bonds is 16. The SMILES string of the molecule is C.C=C(CC/C=C(\C)CCC=C(C)C)CCS(=O)(=O)[O-].C=CC(=C)CC/C=C(\C)CCC=C(C)C.[Na+].